The molecule has 6 heteroatoms. The number of hydrogen-bond donors (Lipinski definition) is 3. The third-order valence-corrected chi connectivity index (χ3v) is 4.94. The van der Waals surface area contributed by atoms with Crippen LogP contribution in [0, 0.1) is 0 Å². The second-order valence-corrected chi connectivity index (χ2v) is 6.98. The van der Waals surface area contributed by atoms with Gasteiger partial charge in [-0.05, 0) is 66.8 Å². The molecule has 29 heavy (non-hydrogen) atoms. The van der Waals surface area contributed by atoms with Crippen LogP contribution >= 0.6 is 0 Å². The third kappa shape index (κ3) is 2.87. The fourth-order valence-electron chi connectivity index (χ4n) is 3.64. The van der Waals surface area contributed by atoms with Crippen LogP contribution in [-0.4, -0.2) is 22.1 Å². The number of aromatic nitrogens is 1. The van der Waals surface area contributed by atoms with Crippen LogP contribution in [0.4, 0.5) is 0 Å². The molecule has 0 aliphatic carbocycles. The summed E-state index contributed by atoms with van der Waals surface area (Å²) in [7, 11) is 0. The van der Waals surface area contributed by atoms with Gasteiger partial charge in [-0.25, -0.2) is 15.0 Å². The summed E-state index contributed by atoms with van der Waals surface area (Å²) in [5.74, 6) is 0.867. The van der Waals surface area contributed by atoms with Crippen LogP contribution in [0.5, 0.6) is 0 Å². The number of nitrogens with one attached hydrogen (secondary N) is 3. The molecule has 0 spiro atoms. The van der Waals surface area contributed by atoms with Crippen molar-refractivity contribution in [3.63, 3.8) is 0 Å². The molecule has 6 rings (SSSR count). The zero-order valence-electron chi connectivity index (χ0n) is 15.3. The van der Waals surface area contributed by atoms with Crippen LogP contribution in [0.25, 0.3) is 12.2 Å². The van der Waals surface area contributed by atoms with Gasteiger partial charge in [0, 0.05) is 23.8 Å². The summed E-state index contributed by atoms with van der Waals surface area (Å²) in [6.45, 7) is 0. The molecule has 0 saturated carbocycles. The highest BCUT2D eigenvalue weighted by Crippen LogP contribution is 2.25. The van der Waals surface area contributed by atoms with Crippen LogP contribution < -0.4 is 10.6 Å². The second kappa shape index (κ2) is 6.17. The van der Waals surface area contributed by atoms with Crippen molar-refractivity contribution in [2.45, 2.75) is 0 Å². The Kier molecular flexibility index (Phi) is 3.37. The largest absolute Gasteiger partial charge is 0.355 e. The number of H-pyrrole nitrogens is 1. The van der Waals surface area contributed by atoms with Gasteiger partial charge < -0.3 is 15.6 Å². The van der Waals surface area contributed by atoms with Gasteiger partial charge in [0.15, 0.2) is 0 Å². The van der Waals surface area contributed by atoms with E-state index in [0.29, 0.717) is 0 Å². The summed E-state index contributed by atoms with van der Waals surface area (Å²) in [6.07, 6.45) is 21.8. The Morgan fingerprint density at radius 1 is 0.586 bits per heavy atom. The molecule has 8 bridgehead atoms. The van der Waals surface area contributed by atoms with Crippen molar-refractivity contribution in [3.8, 4) is 0 Å². The smallest absolute Gasteiger partial charge is 0.119 e. The van der Waals surface area contributed by atoms with Crippen molar-refractivity contribution in [1.29, 1.82) is 0 Å². The molecule has 0 unspecified atom stereocenters. The minimum Gasteiger partial charge on any atom is -0.355 e. The highest BCUT2D eigenvalue weighted by molar-refractivity contribution is 6.33. The Bertz CT molecular complexity index is 1270. The Labute approximate surface area is 167 Å². The second-order valence-electron chi connectivity index (χ2n) is 6.98. The Balaban J connectivity index is 1.55. The molecule has 6 nitrogen and oxygen atoms in total. The van der Waals surface area contributed by atoms with E-state index >= 15 is 0 Å². The molecule has 6 heterocycles. The molecule has 1 aromatic heterocycles. The fourth-order valence-corrected chi connectivity index (χ4v) is 3.64. The highest BCUT2D eigenvalue weighted by atomic mass is 15.1. The first-order valence-electron chi connectivity index (χ1n) is 9.38. The first kappa shape index (κ1) is 15.8. The van der Waals surface area contributed by atoms with Crippen LogP contribution in [0.15, 0.2) is 111 Å². The van der Waals surface area contributed by atoms with Crippen LogP contribution in [-0.2, 0) is 0 Å². The maximum absolute atomic E-state index is 4.83. The van der Waals surface area contributed by atoms with Gasteiger partial charge in [-0.1, -0.05) is 0 Å². The van der Waals surface area contributed by atoms with E-state index in [1.54, 1.807) is 0 Å². The molecular formula is C23H16N6. The standard InChI is InChI=1S/C23H16N6/c1-3-16-12-18-5-7-20(28-18)22(23-24-9-10-25-23)21-8-6-19(29-21)13-17-4-2-15(27-17)11-14(1)26-16/h1-13,24-26H. The van der Waals surface area contributed by atoms with Gasteiger partial charge in [0.05, 0.1) is 39.8 Å². The van der Waals surface area contributed by atoms with Gasteiger partial charge in [-0.2, -0.15) is 0 Å². The fraction of sp³-hybridized carbons (Fsp3) is 0. The molecule has 1 aromatic rings. The van der Waals surface area contributed by atoms with Gasteiger partial charge in [0.1, 0.15) is 5.82 Å². The normalized spacial score (nSPS) is 20.8. The Hall–Kier alpha value is -4.19. The van der Waals surface area contributed by atoms with E-state index in [9.17, 15) is 0 Å². The lowest BCUT2D eigenvalue weighted by Gasteiger charge is -2.10. The third-order valence-electron chi connectivity index (χ3n) is 4.94. The molecule has 3 N–H and O–H groups in total. The van der Waals surface area contributed by atoms with Gasteiger partial charge in [0.2, 0.25) is 0 Å². The molecule has 138 valence electrons. The Morgan fingerprint density at radius 2 is 1.17 bits per heavy atom. The molecule has 5 aliphatic heterocycles. The van der Waals surface area contributed by atoms with Gasteiger partial charge >= 0.3 is 0 Å². The number of nitrogens with zero attached hydrogens (tertiary/aromatic N) is 3. The van der Waals surface area contributed by atoms with E-state index in [1.807, 2.05) is 79.2 Å². The van der Waals surface area contributed by atoms with Crippen molar-refractivity contribution in [3.05, 3.63) is 107 Å². The zero-order valence-corrected chi connectivity index (χ0v) is 15.3. The molecule has 0 fully saturated rings. The molecule has 0 radical (unpaired) electrons. The van der Waals surface area contributed by atoms with Crippen molar-refractivity contribution in [2.75, 3.05) is 0 Å². The predicted molar refractivity (Wildman–Crippen MR) is 117 cm³/mol. The SMILES string of the molecule is C1=CNC(=C2C3=NC(=CC4=NC(=Cc5ccc([nH]5)C=C5C=CC2=N5)C=C4)C=C3)N1. The number of fused-ring (bicyclic) bond motifs is 5. The summed E-state index contributed by atoms with van der Waals surface area (Å²) < 4.78 is 0. The van der Waals surface area contributed by atoms with Crippen LogP contribution in [0.2, 0.25) is 0 Å². The number of aliphatic imine (C=N–C) groups is 3. The molecule has 0 amide bonds. The minimum atomic E-state index is 0.854. The molecule has 5 aliphatic rings. The number of hydrogen-bond acceptors (Lipinski definition) is 5. The highest BCUT2D eigenvalue weighted by Gasteiger charge is 2.22. The van der Waals surface area contributed by atoms with E-state index in [1.165, 1.54) is 0 Å². The maximum Gasteiger partial charge on any atom is 0.119 e. The number of allylic oxidation sites excluding steroid dienone is 8. The molecule has 0 atom stereocenters. The van der Waals surface area contributed by atoms with Crippen LogP contribution in [0.3, 0.4) is 0 Å². The van der Waals surface area contributed by atoms with Gasteiger partial charge in [0.25, 0.3) is 0 Å². The summed E-state index contributed by atoms with van der Waals surface area (Å²) in [6, 6.07) is 4.09. The lowest BCUT2D eigenvalue weighted by atomic mass is 10.1. The number of rotatable bonds is 0. The molecular weight excluding hydrogens is 360 g/mol. The van der Waals surface area contributed by atoms with E-state index in [4.69, 9.17) is 9.98 Å². The molecule has 0 aromatic carbocycles. The van der Waals surface area contributed by atoms with Crippen molar-refractivity contribution < 1.29 is 0 Å². The lowest BCUT2D eigenvalue weighted by molar-refractivity contribution is 0.983. The maximum atomic E-state index is 4.83. The first-order valence-corrected chi connectivity index (χ1v) is 9.38. The predicted octanol–water partition coefficient (Wildman–Crippen LogP) is 3.50. The van der Waals surface area contributed by atoms with Crippen molar-refractivity contribution in [1.82, 2.24) is 15.6 Å². The summed E-state index contributed by atoms with van der Waals surface area (Å²) in [5, 5.41) is 6.49. The average molecular weight is 376 g/mol. The monoisotopic (exact) mass is 376 g/mol. The summed E-state index contributed by atoms with van der Waals surface area (Å²) in [5.41, 5.74) is 8.18. The lowest BCUT2D eigenvalue weighted by Crippen LogP contribution is -2.21. The summed E-state index contributed by atoms with van der Waals surface area (Å²) >= 11 is 0. The summed E-state index contributed by atoms with van der Waals surface area (Å²) in [4.78, 5) is 17.7. The van der Waals surface area contributed by atoms with E-state index in [0.717, 1.165) is 57.0 Å². The van der Waals surface area contributed by atoms with Gasteiger partial charge in [-0.3, -0.25) is 0 Å². The quantitative estimate of drug-likeness (QED) is 0.648. The zero-order chi connectivity index (χ0) is 19.2. The Morgan fingerprint density at radius 3 is 1.86 bits per heavy atom. The topological polar surface area (TPSA) is 76.9 Å². The first-order chi connectivity index (χ1) is 14.3. The van der Waals surface area contributed by atoms with Crippen LogP contribution in [0.1, 0.15) is 11.4 Å². The van der Waals surface area contributed by atoms with E-state index in [2.05, 4.69) is 20.6 Å². The van der Waals surface area contributed by atoms with E-state index in [-0.39, 0.29) is 0 Å². The van der Waals surface area contributed by atoms with Crippen molar-refractivity contribution in [2.24, 2.45) is 15.0 Å². The minimum absolute atomic E-state index is 0.854. The number of aromatic amines is 1. The van der Waals surface area contributed by atoms with Crippen molar-refractivity contribution >= 4 is 29.3 Å². The van der Waals surface area contributed by atoms with Gasteiger partial charge in [-0.15, -0.1) is 0 Å². The van der Waals surface area contributed by atoms with E-state index < -0.39 is 0 Å². The average Bonchev–Trinajstić information content (AvgIpc) is 3.51. The molecule has 0 saturated heterocycles.